The molecule has 0 bridgehead atoms. The minimum absolute atomic E-state index is 0.0854. The second-order valence-corrected chi connectivity index (χ2v) is 18.3. The van der Waals surface area contributed by atoms with Crippen molar-refractivity contribution in [2.75, 3.05) is 0 Å². The molecule has 0 atom stereocenters. The predicted octanol–water partition coefficient (Wildman–Crippen LogP) is 14.6. The normalized spacial score (nSPS) is 14.6. The van der Waals surface area contributed by atoms with Gasteiger partial charge in [-0.1, -0.05) is 149 Å². The van der Waals surface area contributed by atoms with Crippen LogP contribution in [0.2, 0.25) is 0 Å². The summed E-state index contributed by atoms with van der Waals surface area (Å²) in [6.45, 7) is 9.65. The summed E-state index contributed by atoms with van der Waals surface area (Å²) in [6, 6.07) is 63.2. The van der Waals surface area contributed by atoms with E-state index in [0.29, 0.717) is 17.5 Å². The maximum absolute atomic E-state index is 5.33. The first-order valence-corrected chi connectivity index (χ1v) is 21.7. The van der Waals surface area contributed by atoms with Gasteiger partial charge in [-0.3, -0.25) is 0 Å². The maximum atomic E-state index is 5.33. The lowest BCUT2D eigenvalue weighted by Crippen LogP contribution is -2.33. The Morgan fingerprint density at radius 3 is 1.53 bits per heavy atom. The van der Waals surface area contributed by atoms with Gasteiger partial charge < -0.3 is 9.13 Å². The summed E-state index contributed by atoms with van der Waals surface area (Å²) in [6.07, 6.45) is 2.35. The number of hydrogen-bond acceptors (Lipinski definition) is 3. The number of nitrogens with zero attached hydrogens (tertiary/aromatic N) is 5. The van der Waals surface area contributed by atoms with Gasteiger partial charge in [-0.25, -0.2) is 15.0 Å². The van der Waals surface area contributed by atoms with Crippen molar-refractivity contribution < 1.29 is 0 Å². The molecule has 0 radical (unpaired) electrons. The fraction of sp³-hybridized carbons (Fsp3) is 0.140. The SMILES string of the molecule is CC1(C)CCC(C)(C)c2cc3c(cc21)c1ccccc1n3-c1ccc(-c2nc(-c3ccccc3)nc(-c3cccc(-n4c5ccccc5c5ccccc54)c3)n2)c2ccccc12. The van der Waals surface area contributed by atoms with Gasteiger partial charge >= 0.3 is 0 Å². The van der Waals surface area contributed by atoms with Gasteiger partial charge in [0.15, 0.2) is 17.5 Å². The molecule has 0 N–H and O–H groups in total. The van der Waals surface area contributed by atoms with Crippen molar-refractivity contribution in [3.8, 4) is 45.5 Å². The summed E-state index contributed by atoms with van der Waals surface area (Å²) in [7, 11) is 0. The van der Waals surface area contributed by atoms with Crippen LogP contribution in [0.15, 0.2) is 176 Å². The first kappa shape index (κ1) is 36.5. The third-order valence-corrected chi connectivity index (χ3v) is 13.6. The Morgan fingerprint density at radius 2 is 0.871 bits per heavy atom. The van der Waals surface area contributed by atoms with E-state index in [0.717, 1.165) is 49.9 Å². The topological polar surface area (TPSA) is 48.5 Å². The number of fused-ring (bicyclic) bond motifs is 8. The summed E-state index contributed by atoms with van der Waals surface area (Å²) in [5.41, 5.74) is 12.9. The first-order valence-electron chi connectivity index (χ1n) is 21.7. The molecule has 11 aromatic rings. The van der Waals surface area contributed by atoms with Crippen molar-refractivity contribution in [1.82, 2.24) is 24.1 Å². The second kappa shape index (κ2) is 13.6. The molecule has 5 heteroatoms. The molecule has 0 saturated heterocycles. The molecule has 1 aliphatic rings. The maximum Gasteiger partial charge on any atom is 0.164 e. The van der Waals surface area contributed by atoms with Crippen LogP contribution in [0.3, 0.4) is 0 Å². The Labute approximate surface area is 361 Å². The van der Waals surface area contributed by atoms with Crippen LogP contribution < -0.4 is 0 Å². The molecule has 3 aromatic heterocycles. The molecule has 5 nitrogen and oxygen atoms in total. The van der Waals surface area contributed by atoms with E-state index in [1.165, 1.54) is 56.5 Å². The largest absolute Gasteiger partial charge is 0.309 e. The third kappa shape index (κ3) is 5.58. The van der Waals surface area contributed by atoms with Gasteiger partial charge in [0.25, 0.3) is 0 Å². The van der Waals surface area contributed by atoms with Crippen molar-refractivity contribution in [1.29, 1.82) is 0 Å². The van der Waals surface area contributed by atoms with Gasteiger partial charge in [-0.2, -0.15) is 0 Å². The minimum atomic E-state index is 0.0854. The molecular weight excluding hydrogens is 755 g/mol. The summed E-state index contributed by atoms with van der Waals surface area (Å²) >= 11 is 0. The Bertz CT molecular complexity index is 3530. The fourth-order valence-electron chi connectivity index (χ4n) is 10.3. The number of para-hydroxylation sites is 3. The molecule has 0 aliphatic heterocycles. The lowest BCUT2D eigenvalue weighted by atomic mass is 9.63. The lowest BCUT2D eigenvalue weighted by Gasteiger charge is -2.42. The van der Waals surface area contributed by atoms with Crippen LogP contribution >= 0.6 is 0 Å². The molecular formula is C57H45N5. The number of hydrogen-bond donors (Lipinski definition) is 0. The van der Waals surface area contributed by atoms with Crippen LogP contribution in [0.4, 0.5) is 0 Å². The summed E-state index contributed by atoms with van der Waals surface area (Å²) in [5, 5.41) is 7.26. The van der Waals surface area contributed by atoms with Crippen molar-refractivity contribution in [2.24, 2.45) is 0 Å². The van der Waals surface area contributed by atoms with Gasteiger partial charge in [0.2, 0.25) is 0 Å². The zero-order valence-electron chi connectivity index (χ0n) is 35.4. The molecule has 0 spiro atoms. The number of benzene rings is 8. The zero-order chi connectivity index (χ0) is 41.7. The van der Waals surface area contributed by atoms with E-state index >= 15 is 0 Å². The Balaban J connectivity index is 1.06. The van der Waals surface area contributed by atoms with E-state index in [-0.39, 0.29) is 10.8 Å². The van der Waals surface area contributed by atoms with Crippen molar-refractivity contribution in [3.05, 3.63) is 187 Å². The molecule has 0 amide bonds. The summed E-state index contributed by atoms with van der Waals surface area (Å²) in [4.78, 5) is 15.7. The first-order chi connectivity index (χ1) is 30.2. The molecule has 0 unspecified atom stereocenters. The highest BCUT2D eigenvalue weighted by atomic mass is 15.0. The van der Waals surface area contributed by atoms with E-state index in [2.05, 4.69) is 195 Å². The minimum Gasteiger partial charge on any atom is -0.309 e. The third-order valence-electron chi connectivity index (χ3n) is 13.6. The molecule has 298 valence electrons. The summed E-state index contributed by atoms with van der Waals surface area (Å²) in [5.74, 6) is 1.90. The molecule has 0 fully saturated rings. The van der Waals surface area contributed by atoms with E-state index in [9.17, 15) is 0 Å². The standard InChI is InChI=1S/C57H45N5/c1-56(2)31-32-57(3,4)47-35-52-45(34-46(47)56)43-25-12-15-28-50(43)62(52)51-30-29-44(39-21-8-9-22-40(39)51)55-59-53(36-17-6-5-7-18-36)58-54(60-55)37-19-16-20-38(33-37)61-48-26-13-10-23-41(48)42-24-11-14-27-49(42)61/h5-30,33-35H,31-32H2,1-4H3. The van der Waals surface area contributed by atoms with Crippen LogP contribution in [-0.4, -0.2) is 24.1 Å². The zero-order valence-corrected chi connectivity index (χ0v) is 35.4. The van der Waals surface area contributed by atoms with Gasteiger partial charge in [0, 0.05) is 49.3 Å². The highest BCUT2D eigenvalue weighted by molar-refractivity contribution is 6.12. The Hall–Kier alpha value is -7.37. The van der Waals surface area contributed by atoms with Crippen molar-refractivity contribution in [3.63, 3.8) is 0 Å². The molecule has 1 aliphatic carbocycles. The van der Waals surface area contributed by atoms with Gasteiger partial charge in [-0.05, 0) is 94.8 Å². The highest BCUT2D eigenvalue weighted by Gasteiger charge is 2.38. The van der Waals surface area contributed by atoms with Crippen LogP contribution in [0.25, 0.3) is 99.9 Å². The van der Waals surface area contributed by atoms with Crippen molar-refractivity contribution in [2.45, 2.75) is 51.4 Å². The second-order valence-electron chi connectivity index (χ2n) is 18.3. The van der Waals surface area contributed by atoms with Gasteiger partial charge in [0.1, 0.15) is 0 Å². The van der Waals surface area contributed by atoms with Crippen LogP contribution in [0, 0.1) is 0 Å². The van der Waals surface area contributed by atoms with Crippen LogP contribution in [0.1, 0.15) is 51.7 Å². The number of rotatable bonds is 5. The molecule has 8 aromatic carbocycles. The Kier molecular flexibility index (Phi) is 7.98. The molecule has 0 saturated carbocycles. The van der Waals surface area contributed by atoms with E-state index < -0.39 is 0 Å². The van der Waals surface area contributed by atoms with Crippen molar-refractivity contribution >= 4 is 54.4 Å². The predicted molar refractivity (Wildman–Crippen MR) is 258 cm³/mol. The lowest BCUT2D eigenvalue weighted by molar-refractivity contribution is 0.332. The summed E-state index contributed by atoms with van der Waals surface area (Å²) < 4.78 is 4.83. The van der Waals surface area contributed by atoms with E-state index in [1.807, 2.05) is 18.2 Å². The molecule has 3 heterocycles. The quantitative estimate of drug-likeness (QED) is 0.174. The highest BCUT2D eigenvalue weighted by Crippen LogP contribution is 2.49. The average molecular weight is 800 g/mol. The van der Waals surface area contributed by atoms with E-state index in [4.69, 9.17) is 15.0 Å². The van der Waals surface area contributed by atoms with Crippen LogP contribution in [-0.2, 0) is 10.8 Å². The fourth-order valence-corrected chi connectivity index (χ4v) is 10.3. The average Bonchev–Trinajstić information content (AvgIpc) is 3.82. The molecule has 12 rings (SSSR count). The number of aromatic nitrogens is 5. The van der Waals surface area contributed by atoms with E-state index in [1.54, 1.807) is 0 Å². The smallest absolute Gasteiger partial charge is 0.164 e. The Morgan fingerprint density at radius 1 is 0.371 bits per heavy atom. The van der Waals surface area contributed by atoms with Crippen LogP contribution in [0.5, 0.6) is 0 Å². The monoisotopic (exact) mass is 799 g/mol. The van der Waals surface area contributed by atoms with Gasteiger partial charge in [-0.15, -0.1) is 0 Å². The molecule has 62 heavy (non-hydrogen) atoms. The van der Waals surface area contributed by atoms with Gasteiger partial charge in [0.05, 0.1) is 27.8 Å².